The van der Waals surface area contributed by atoms with E-state index in [4.69, 9.17) is 11.6 Å². The van der Waals surface area contributed by atoms with Crippen molar-refractivity contribution >= 4 is 28.9 Å². The van der Waals surface area contributed by atoms with Crippen molar-refractivity contribution in [1.29, 1.82) is 0 Å². The van der Waals surface area contributed by atoms with Crippen LogP contribution in [0.2, 0.25) is 5.02 Å². The zero-order valence-corrected chi connectivity index (χ0v) is 21.9. The lowest BCUT2D eigenvalue weighted by Gasteiger charge is -2.20. The third kappa shape index (κ3) is 5.06. The van der Waals surface area contributed by atoms with Gasteiger partial charge in [-0.05, 0) is 87.2 Å². The molecule has 0 fully saturated rings. The molecule has 3 aromatic carbocycles. The van der Waals surface area contributed by atoms with E-state index >= 15 is 0 Å². The fourth-order valence-electron chi connectivity index (χ4n) is 4.10. The number of H-pyrrole nitrogens is 1. The highest BCUT2D eigenvalue weighted by molar-refractivity contribution is 6.31. The van der Waals surface area contributed by atoms with Crippen molar-refractivity contribution in [3.63, 3.8) is 0 Å². The van der Waals surface area contributed by atoms with Gasteiger partial charge >= 0.3 is 5.97 Å². The van der Waals surface area contributed by atoms with Crippen LogP contribution in [0.1, 0.15) is 36.2 Å². The van der Waals surface area contributed by atoms with Crippen LogP contribution in [0.25, 0.3) is 16.8 Å². The first kappa shape index (κ1) is 25.9. The van der Waals surface area contributed by atoms with E-state index in [9.17, 15) is 19.8 Å². The number of phenols is 1. The van der Waals surface area contributed by atoms with Gasteiger partial charge in [0.25, 0.3) is 5.56 Å². The van der Waals surface area contributed by atoms with E-state index in [-0.39, 0.29) is 22.7 Å². The second-order valence-electron chi connectivity index (χ2n) is 9.60. The van der Waals surface area contributed by atoms with Gasteiger partial charge < -0.3 is 10.2 Å². The quantitative estimate of drug-likeness (QED) is 0.240. The van der Waals surface area contributed by atoms with E-state index in [0.717, 1.165) is 11.1 Å². The maximum Gasteiger partial charge on any atom is 0.313 e. The van der Waals surface area contributed by atoms with Gasteiger partial charge in [-0.3, -0.25) is 14.7 Å². The monoisotopic (exact) mass is 518 g/mol. The minimum absolute atomic E-state index is 0.0725. The van der Waals surface area contributed by atoms with Gasteiger partial charge in [0.15, 0.2) is 11.4 Å². The molecule has 190 valence electrons. The van der Waals surface area contributed by atoms with Gasteiger partial charge in [0.05, 0.1) is 16.8 Å². The number of nitrogens with one attached hydrogen (secondary N) is 1. The first-order chi connectivity index (χ1) is 17.4. The molecule has 1 aromatic heterocycles. The Labute approximate surface area is 218 Å². The van der Waals surface area contributed by atoms with Crippen LogP contribution in [0.3, 0.4) is 0 Å². The van der Waals surface area contributed by atoms with Crippen LogP contribution in [0, 0.1) is 20.8 Å². The lowest BCUT2D eigenvalue weighted by molar-refractivity contribution is -0.142. The van der Waals surface area contributed by atoms with E-state index in [0.29, 0.717) is 33.1 Å². The maximum atomic E-state index is 13.1. The molecule has 0 radical (unpaired) electrons. The number of rotatable bonds is 6. The Bertz CT molecular complexity index is 1590. The van der Waals surface area contributed by atoms with Gasteiger partial charge in [0.2, 0.25) is 0 Å². The van der Waals surface area contributed by atoms with E-state index in [1.807, 2.05) is 32.0 Å². The summed E-state index contributed by atoms with van der Waals surface area (Å²) in [5.74, 6) is -1.16. The van der Waals surface area contributed by atoms with Gasteiger partial charge in [0, 0.05) is 10.6 Å². The Kier molecular flexibility index (Phi) is 6.80. The summed E-state index contributed by atoms with van der Waals surface area (Å²) in [7, 11) is 0. The van der Waals surface area contributed by atoms with Gasteiger partial charge in [-0.2, -0.15) is 0 Å². The number of hydrogen-bond acceptors (Lipinski definition) is 5. The van der Waals surface area contributed by atoms with Gasteiger partial charge in [-0.25, -0.2) is 4.68 Å². The van der Waals surface area contributed by atoms with Crippen molar-refractivity contribution in [3.8, 4) is 22.6 Å². The number of phenolic OH excluding ortho intramolecular Hbond substituents is 1. The van der Waals surface area contributed by atoms with Crippen LogP contribution in [-0.2, 0) is 10.2 Å². The molecular formula is C28H27ClN4O4. The first-order valence-corrected chi connectivity index (χ1v) is 11.9. The highest BCUT2D eigenvalue weighted by Gasteiger charge is 2.29. The molecule has 0 saturated carbocycles. The summed E-state index contributed by atoms with van der Waals surface area (Å²) in [6.07, 6.45) is 0. The molecule has 0 bridgehead atoms. The number of aryl methyl sites for hydroxylation is 3. The van der Waals surface area contributed by atoms with Crippen LogP contribution in [0.5, 0.6) is 5.75 Å². The number of azo groups is 1. The lowest BCUT2D eigenvalue weighted by Crippen LogP contribution is -2.28. The molecule has 0 aliphatic heterocycles. The largest absolute Gasteiger partial charge is 0.505 e. The van der Waals surface area contributed by atoms with Crippen LogP contribution >= 0.6 is 11.6 Å². The van der Waals surface area contributed by atoms with Crippen molar-refractivity contribution in [2.45, 2.75) is 40.0 Å². The molecular weight excluding hydrogens is 492 g/mol. The number of aliphatic carboxylic acids is 1. The molecule has 8 nitrogen and oxygen atoms in total. The summed E-state index contributed by atoms with van der Waals surface area (Å²) in [6, 6.07) is 15.7. The highest BCUT2D eigenvalue weighted by Crippen LogP contribution is 2.41. The summed E-state index contributed by atoms with van der Waals surface area (Å²) in [4.78, 5) is 24.8. The number of halogens is 1. The van der Waals surface area contributed by atoms with Crippen molar-refractivity contribution < 1.29 is 15.0 Å². The summed E-state index contributed by atoms with van der Waals surface area (Å²) >= 11 is 6.33. The molecule has 0 aliphatic carbocycles. The number of nitrogens with zero attached hydrogens (tertiary/aromatic N) is 3. The maximum absolute atomic E-state index is 13.1. The Morgan fingerprint density at radius 1 is 1.00 bits per heavy atom. The zero-order chi connectivity index (χ0) is 27.1. The normalized spacial score (nSPS) is 11.8. The molecule has 0 aliphatic rings. The van der Waals surface area contributed by atoms with Crippen LogP contribution in [-0.4, -0.2) is 26.0 Å². The predicted octanol–water partition coefficient (Wildman–Crippen LogP) is 6.89. The Hall–Kier alpha value is -4.17. The molecule has 37 heavy (non-hydrogen) atoms. The standard InChI is InChI=1S/C28H27ClN4O4/c1-15-9-16(2)11-21(10-15)33-26(35)24(17(3)32-33)31-30-23-14-20(29)13-22(25(23)34)18-7-6-8-19(12-18)28(4,5)27(36)37/h6-14,32,34H,1-5H3,(H,36,37). The molecule has 0 atom stereocenters. The molecule has 1 heterocycles. The van der Waals surface area contributed by atoms with E-state index < -0.39 is 11.4 Å². The number of aromatic nitrogens is 2. The number of carbonyl (C=O) groups is 1. The smallest absolute Gasteiger partial charge is 0.313 e. The third-order valence-corrected chi connectivity index (χ3v) is 6.47. The third-order valence-electron chi connectivity index (χ3n) is 6.25. The number of aromatic hydroxyl groups is 1. The number of hydrogen-bond donors (Lipinski definition) is 3. The summed E-state index contributed by atoms with van der Waals surface area (Å²) in [5.41, 5.74) is 3.40. The van der Waals surface area contributed by atoms with E-state index in [1.54, 1.807) is 51.1 Å². The second kappa shape index (κ2) is 9.71. The van der Waals surface area contributed by atoms with E-state index in [2.05, 4.69) is 15.3 Å². The Morgan fingerprint density at radius 2 is 1.68 bits per heavy atom. The van der Waals surface area contributed by atoms with Crippen molar-refractivity contribution in [1.82, 2.24) is 9.78 Å². The number of carboxylic acids is 1. The molecule has 0 saturated heterocycles. The fraction of sp³-hybridized carbons (Fsp3) is 0.214. The fourth-order valence-corrected chi connectivity index (χ4v) is 4.31. The first-order valence-electron chi connectivity index (χ1n) is 11.6. The SMILES string of the molecule is Cc1cc(C)cc(-n2[nH]c(C)c(N=Nc3cc(Cl)cc(-c4cccc(C(C)(C)C(=O)O)c4)c3O)c2=O)c1. The molecule has 4 rings (SSSR count). The van der Waals surface area contributed by atoms with Crippen LogP contribution in [0.15, 0.2) is 69.6 Å². The molecule has 0 spiro atoms. The van der Waals surface area contributed by atoms with Crippen LogP contribution in [0.4, 0.5) is 11.4 Å². The lowest BCUT2D eigenvalue weighted by atomic mass is 9.83. The minimum Gasteiger partial charge on any atom is -0.505 e. The molecule has 0 amide bonds. The topological polar surface area (TPSA) is 120 Å². The Morgan fingerprint density at radius 3 is 2.32 bits per heavy atom. The average Bonchev–Trinajstić information content (AvgIpc) is 3.12. The number of aromatic amines is 1. The average molecular weight is 519 g/mol. The number of benzene rings is 3. The molecule has 0 unspecified atom stereocenters. The van der Waals surface area contributed by atoms with Gasteiger partial charge in [0.1, 0.15) is 5.69 Å². The number of carboxylic acid groups (broad SMARTS) is 1. The predicted molar refractivity (Wildman–Crippen MR) is 144 cm³/mol. The summed E-state index contributed by atoms with van der Waals surface area (Å²) in [6.45, 7) is 8.84. The zero-order valence-electron chi connectivity index (χ0n) is 21.1. The van der Waals surface area contributed by atoms with Crippen molar-refractivity contribution in [2.24, 2.45) is 10.2 Å². The summed E-state index contributed by atoms with van der Waals surface area (Å²) in [5, 5.41) is 32.2. The van der Waals surface area contributed by atoms with Crippen molar-refractivity contribution in [2.75, 3.05) is 0 Å². The molecule has 3 N–H and O–H groups in total. The van der Waals surface area contributed by atoms with Gasteiger partial charge in [-0.15, -0.1) is 10.2 Å². The molecule has 9 heteroatoms. The second-order valence-corrected chi connectivity index (χ2v) is 10.0. The van der Waals surface area contributed by atoms with E-state index in [1.165, 1.54) is 10.7 Å². The van der Waals surface area contributed by atoms with Crippen molar-refractivity contribution in [3.05, 3.63) is 92.4 Å². The Balaban J connectivity index is 1.75. The highest BCUT2D eigenvalue weighted by atomic mass is 35.5. The summed E-state index contributed by atoms with van der Waals surface area (Å²) < 4.78 is 1.41. The molecule has 4 aromatic rings. The van der Waals surface area contributed by atoms with Crippen LogP contribution < -0.4 is 5.56 Å². The minimum atomic E-state index is -1.13. The van der Waals surface area contributed by atoms with Gasteiger partial charge in [-0.1, -0.05) is 35.9 Å².